The molecule has 1 aliphatic heterocycles. The Balaban J connectivity index is 0.00000484. The lowest BCUT2D eigenvalue weighted by atomic mass is 10.1. The van der Waals surface area contributed by atoms with Crippen molar-refractivity contribution in [2.45, 2.75) is 51.6 Å². The number of carbonyl (C=O) groups is 1. The number of unbranched alkanes of at least 4 members (excludes halogenated alkanes) is 2. The molecule has 0 aliphatic carbocycles. The van der Waals surface area contributed by atoms with E-state index in [4.69, 9.17) is 4.74 Å². The van der Waals surface area contributed by atoms with E-state index in [1.807, 2.05) is 14.0 Å². The number of nitrogens with zero attached hydrogens (tertiary/aromatic N) is 2. The molecule has 1 saturated heterocycles. The van der Waals surface area contributed by atoms with Gasteiger partial charge in [0.2, 0.25) is 0 Å². The van der Waals surface area contributed by atoms with Crippen LogP contribution < -0.4 is 5.32 Å². The van der Waals surface area contributed by atoms with Gasteiger partial charge < -0.3 is 19.7 Å². The van der Waals surface area contributed by atoms with Gasteiger partial charge in [-0.3, -0.25) is 9.79 Å². The molecule has 0 unspecified atom stereocenters. The molecule has 1 aliphatic rings. The fourth-order valence-electron chi connectivity index (χ4n) is 2.68. The first kappa shape index (κ1) is 22.4. The minimum Gasteiger partial charge on any atom is -0.469 e. The highest BCUT2D eigenvalue weighted by atomic mass is 127. The number of rotatable bonds is 8. The molecule has 136 valence electrons. The summed E-state index contributed by atoms with van der Waals surface area (Å²) in [6, 6.07) is 0. The molecule has 7 heteroatoms. The standard InChI is InChI=1S/C16H31N3O3.HI/c1-4-22-14-9-12-19(13-10-14)16(17-2)18-11-7-5-6-8-15(20)21-3;/h14H,4-13H2,1-3H3,(H,17,18);1H. The Morgan fingerprint density at radius 2 is 1.96 bits per heavy atom. The first-order chi connectivity index (χ1) is 10.7. The lowest BCUT2D eigenvalue weighted by molar-refractivity contribution is -0.140. The zero-order chi connectivity index (χ0) is 16.2. The largest absolute Gasteiger partial charge is 0.469 e. The number of nitrogens with one attached hydrogen (secondary N) is 1. The first-order valence-corrected chi connectivity index (χ1v) is 8.35. The molecule has 0 amide bonds. The molecule has 23 heavy (non-hydrogen) atoms. The van der Waals surface area contributed by atoms with Crippen LogP contribution in [0.2, 0.25) is 0 Å². The Morgan fingerprint density at radius 1 is 1.26 bits per heavy atom. The van der Waals surface area contributed by atoms with Crippen molar-refractivity contribution in [2.24, 2.45) is 4.99 Å². The Morgan fingerprint density at radius 3 is 2.52 bits per heavy atom. The Labute approximate surface area is 157 Å². The molecular weight excluding hydrogens is 409 g/mol. The van der Waals surface area contributed by atoms with E-state index in [0.717, 1.165) is 64.3 Å². The van der Waals surface area contributed by atoms with Crippen molar-refractivity contribution in [1.82, 2.24) is 10.2 Å². The van der Waals surface area contributed by atoms with Crippen LogP contribution in [0.3, 0.4) is 0 Å². The Kier molecular flexibility index (Phi) is 13.5. The van der Waals surface area contributed by atoms with Gasteiger partial charge in [-0.2, -0.15) is 0 Å². The van der Waals surface area contributed by atoms with Gasteiger partial charge in [0.05, 0.1) is 13.2 Å². The first-order valence-electron chi connectivity index (χ1n) is 8.35. The number of piperidine rings is 1. The van der Waals surface area contributed by atoms with Gasteiger partial charge in [-0.25, -0.2) is 0 Å². The molecule has 0 radical (unpaired) electrons. The summed E-state index contributed by atoms with van der Waals surface area (Å²) in [6.07, 6.45) is 5.97. The molecule has 1 N–H and O–H groups in total. The van der Waals surface area contributed by atoms with E-state index in [1.165, 1.54) is 7.11 Å². The molecule has 0 aromatic heterocycles. The molecule has 1 heterocycles. The van der Waals surface area contributed by atoms with Crippen molar-refractivity contribution in [1.29, 1.82) is 0 Å². The number of aliphatic imine (C=N–C) groups is 1. The Bertz CT molecular complexity index is 345. The number of likely N-dealkylation sites (tertiary alicyclic amines) is 1. The zero-order valence-electron chi connectivity index (χ0n) is 14.7. The van der Waals surface area contributed by atoms with Gasteiger partial charge in [0.15, 0.2) is 5.96 Å². The summed E-state index contributed by atoms with van der Waals surface area (Å²) in [6.45, 7) is 5.72. The fraction of sp³-hybridized carbons (Fsp3) is 0.875. The average Bonchev–Trinajstić information content (AvgIpc) is 2.55. The molecule has 0 spiro atoms. The van der Waals surface area contributed by atoms with E-state index in [1.54, 1.807) is 0 Å². The smallest absolute Gasteiger partial charge is 0.305 e. The molecule has 1 fully saturated rings. The van der Waals surface area contributed by atoms with Crippen molar-refractivity contribution in [3.05, 3.63) is 0 Å². The fourth-order valence-corrected chi connectivity index (χ4v) is 2.68. The molecule has 0 aromatic rings. The lowest BCUT2D eigenvalue weighted by Gasteiger charge is -2.34. The number of ether oxygens (including phenoxy) is 2. The minimum atomic E-state index is -0.124. The molecule has 0 aromatic carbocycles. The highest BCUT2D eigenvalue weighted by molar-refractivity contribution is 14.0. The molecule has 0 saturated carbocycles. The normalized spacial score (nSPS) is 16.0. The number of halogens is 1. The van der Waals surface area contributed by atoms with Gasteiger partial charge >= 0.3 is 5.97 Å². The molecule has 6 nitrogen and oxygen atoms in total. The number of hydrogen-bond acceptors (Lipinski definition) is 4. The van der Waals surface area contributed by atoms with Crippen LogP contribution in [0.15, 0.2) is 4.99 Å². The van der Waals surface area contributed by atoms with Gasteiger partial charge in [0.1, 0.15) is 0 Å². The molecular formula is C16H32IN3O3. The molecule has 0 bridgehead atoms. The maximum atomic E-state index is 11.0. The lowest BCUT2D eigenvalue weighted by Crippen LogP contribution is -2.47. The topological polar surface area (TPSA) is 63.2 Å². The third kappa shape index (κ3) is 9.34. The van der Waals surface area contributed by atoms with Crippen molar-refractivity contribution in [2.75, 3.05) is 40.4 Å². The highest BCUT2D eigenvalue weighted by Gasteiger charge is 2.21. The second kappa shape index (κ2) is 13.8. The van der Waals surface area contributed by atoms with Crippen LogP contribution in [-0.4, -0.2) is 63.3 Å². The van der Waals surface area contributed by atoms with Crippen LogP contribution in [0.25, 0.3) is 0 Å². The van der Waals surface area contributed by atoms with Crippen LogP contribution in [0.4, 0.5) is 0 Å². The van der Waals surface area contributed by atoms with Crippen molar-refractivity contribution >= 4 is 35.9 Å². The summed E-state index contributed by atoms with van der Waals surface area (Å²) < 4.78 is 10.3. The summed E-state index contributed by atoms with van der Waals surface area (Å²) in [5, 5.41) is 3.41. The summed E-state index contributed by atoms with van der Waals surface area (Å²) in [5.74, 6) is 0.851. The van der Waals surface area contributed by atoms with Crippen molar-refractivity contribution < 1.29 is 14.3 Å². The van der Waals surface area contributed by atoms with E-state index in [0.29, 0.717) is 12.5 Å². The number of methoxy groups -OCH3 is 1. The second-order valence-electron chi connectivity index (χ2n) is 5.50. The number of guanidine groups is 1. The summed E-state index contributed by atoms with van der Waals surface area (Å²) in [7, 11) is 3.26. The van der Waals surface area contributed by atoms with Crippen molar-refractivity contribution in [3.8, 4) is 0 Å². The number of esters is 1. The summed E-state index contributed by atoms with van der Waals surface area (Å²) >= 11 is 0. The number of hydrogen-bond donors (Lipinski definition) is 1. The van der Waals surface area contributed by atoms with E-state index < -0.39 is 0 Å². The van der Waals surface area contributed by atoms with E-state index in [2.05, 4.69) is 19.9 Å². The zero-order valence-corrected chi connectivity index (χ0v) is 17.0. The third-order valence-electron chi connectivity index (χ3n) is 3.92. The maximum absolute atomic E-state index is 11.0. The van der Waals surface area contributed by atoms with Gasteiger partial charge in [0, 0.05) is 39.7 Å². The van der Waals surface area contributed by atoms with Crippen LogP contribution in [0.5, 0.6) is 0 Å². The monoisotopic (exact) mass is 441 g/mol. The van der Waals surface area contributed by atoms with Crippen LogP contribution in [0, 0.1) is 0 Å². The molecule has 0 atom stereocenters. The number of carbonyl (C=O) groups excluding carboxylic acids is 1. The van der Waals surface area contributed by atoms with Crippen molar-refractivity contribution in [3.63, 3.8) is 0 Å². The van der Waals surface area contributed by atoms with E-state index in [9.17, 15) is 4.79 Å². The van der Waals surface area contributed by atoms with Gasteiger partial charge in [0.25, 0.3) is 0 Å². The van der Waals surface area contributed by atoms with Gasteiger partial charge in [-0.1, -0.05) is 6.42 Å². The molecule has 1 rings (SSSR count). The van der Waals surface area contributed by atoms with Gasteiger partial charge in [-0.05, 0) is 32.6 Å². The van der Waals surface area contributed by atoms with E-state index in [-0.39, 0.29) is 29.9 Å². The summed E-state index contributed by atoms with van der Waals surface area (Å²) in [5.41, 5.74) is 0. The third-order valence-corrected chi connectivity index (χ3v) is 3.92. The van der Waals surface area contributed by atoms with E-state index >= 15 is 0 Å². The van der Waals surface area contributed by atoms with Gasteiger partial charge in [-0.15, -0.1) is 24.0 Å². The maximum Gasteiger partial charge on any atom is 0.305 e. The van der Waals surface area contributed by atoms with Crippen LogP contribution >= 0.6 is 24.0 Å². The minimum absolute atomic E-state index is 0. The highest BCUT2D eigenvalue weighted by Crippen LogP contribution is 2.13. The van der Waals surface area contributed by atoms with Crippen LogP contribution in [-0.2, 0) is 14.3 Å². The summed E-state index contributed by atoms with van der Waals surface area (Å²) in [4.78, 5) is 17.7. The SMILES string of the molecule is CCOC1CCN(C(=NC)NCCCCCC(=O)OC)CC1.I. The predicted molar refractivity (Wildman–Crippen MR) is 103 cm³/mol. The van der Waals surface area contributed by atoms with Crippen LogP contribution in [0.1, 0.15) is 45.4 Å². The predicted octanol–water partition coefficient (Wildman–Crippen LogP) is 2.41. The average molecular weight is 441 g/mol. The second-order valence-corrected chi connectivity index (χ2v) is 5.50. The Hall–Kier alpha value is -0.570. The quantitative estimate of drug-likeness (QED) is 0.206.